The van der Waals surface area contributed by atoms with Gasteiger partial charge in [-0.25, -0.2) is 4.98 Å². The molecule has 2 aromatic carbocycles. The number of nitrogens with zero attached hydrogens (tertiary/aromatic N) is 3. The van der Waals surface area contributed by atoms with Gasteiger partial charge in [0.15, 0.2) is 5.13 Å². The van der Waals surface area contributed by atoms with E-state index in [1.165, 1.54) is 11.1 Å². The Morgan fingerprint density at radius 2 is 1.80 bits per heavy atom. The zero-order chi connectivity index (χ0) is 21.1. The maximum Gasteiger partial charge on any atom is 0.233 e. The SMILES string of the molecule is CCc1ccc2nc(N(Cc3ccncc3)C(=O)Cc3ccc(C)cc3C)sc2c1. The molecule has 30 heavy (non-hydrogen) atoms. The Labute approximate surface area is 181 Å². The Morgan fingerprint density at radius 3 is 2.53 bits per heavy atom. The fourth-order valence-corrected chi connectivity index (χ4v) is 4.57. The molecule has 0 radical (unpaired) electrons. The van der Waals surface area contributed by atoms with Crippen molar-refractivity contribution in [1.82, 2.24) is 9.97 Å². The normalized spacial score (nSPS) is 11.0. The molecule has 0 saturated heterocycles. The molecule has 0 atom stereocenters. The molecule has 5 heteroatoms. The van der Waals surface area contributed by atoms with Crippen molar-refractivity contribution in [3.8, 4) is 0 Å². The minimum atomic E-state index is 0.0496. The number of anilines is 1. The summed E-state index contributed by atoms with van der Waals surface area (Å²) in [6.45, 7) is 6.76. The molecule has 0 fully saturated rings. The van der Waals surface area contributed by atoms with Crippen LogP contribution in [-0.4, -0.2) is 15.9 Å². The Kier molecular flexibility index (Phi) is 5.91. The van der Waals surface area contributed by atoms with Crippen LogP contribution in [0.3, 0.4) is 0 Å². The van der Waals surface area contributed by atoms with Gasteiger partial charge in [0.1, 0.15) is 0 Å². The first-order valence-corrected chi connectivity index (χ1v) is 11.0. The third kappa shape index (κ3) is 4.41. The number of thiazole rings is 1. The maximum atomic E-state index is 13.4. The number of benzene rings is 2. The highest BCUT2D eigenvalue weighted by molar-refractivity contribution is 7.22. The summed E-state index contributed by atoms with van der Waals surface area (Å²) in [4.78, 5) is 24.1. The molecule has 0 N–H and O–H groups in total. The third-order valence-electron chi connectivity index (χ3n) is 5.31. The first-order valence-electron chi connectivity index (χ1n) is 10.2. The second-order valence-corrected chi connectivity index (χ2v) is 8.60. The zero-order valence-corrected chi connectivity index (χ0v) is 18.4. The van der Waals surface area contributed by atoms with E-state index >= 15 is 0 Å². The van der Waals surface area contributed by atoms with Crippen LogP contribution in [0.5, 0.6) is 0 Å². The van der Waals surface area contributed by atoms with E-state index in [0.29, 0.717) is 13.0 Å². The lowest BCUT2D eigenvalue weighted by atomic mass is 10.0. The summed E-state index contributed by atoms with van der Waals surface area (Å²) >= 11 is 1.58. The molecule has 4 rings (SSSR count). The van der Waals surface area contributed by atoms with Crippen molar-refractivity contribution >= 4 is 32.6 Å². The topological polar surface area (TPSA) is 46.1 Å². The Balaban J connectivity index is 1.69. The van der Waals surface area contributed by atoms with E-state index in [1.54, 1.807) is 23.7 Å². The highest BCUT2D eigenvalue weighted by Gasteiger charge is 2.21. The predicted octanol–water partition coefficient (Wildman–Crippen LogP) is 5.65. The van der Waals surface area contributed by atoms with Gasteiger partial charge < -0.3 is 0 Å². The molecule has 0 spiro atoms. The van der Waals surface area contributed by atoms with E-state index < -0.39 is 0 Å². The smallest absolute Gasteiger partial charge is 0.233 e. The van der Waals surface area contributed by atoms with Crippen molar-refractivity contribution in [1.29, 1.82) is 0 Å². The van der Waals surface area contributed by atoms with Crippen molar-refractivity contribution in [3.05, 3.63) is 88.7 Å². The van der Waals surface area contributed by atoms with Crippen LogP contribution in [0.4, 0.5) is 5.13 Å². The van der Waals surface area contributed by atoms with Crippen LogP contribution >= 0.6 is 11.3 Å². The molecule has 2 aromatic heterocycles. The minimum absolute atomic E-state index is 0.0496. The standard InChI is InChI=1S/C25H25N3OS/c1-4-19-6-8-22-23(14-19)30-25(27-22)28(16-20-9-11-26-12-10-20)24(29)15-21-7-5-17(2)13-18(21)3/h5-14H,4,15-16H2,1-3H3. The highest BCUT2D eigenvalue weighted by atomic mass is 32.1. The number of carbonyl (C=O) groups is 1. The van der Waals surface area contributed by atoms with Crippen LogP contribution in [-0.2, 0) is 24.2 Å². The maximum absolute atomic E-state index is 13.4. The number of fused-ring (bicyclic) bond motifs is 1. The number of hydrogen-bond donors (Lipinski definition) is 0. The van der Waals surface area contributed by atoms with Crippen LogP contribution in [0, 0.1) is 13.8 Å². The Morgan fingerprint density at radius 1 is 1.00 bits per heavy atom. The number of hydrogen-bond acceptors (Lipinski definition) is 4. The predicted molar refractivity (Wildman–Crippen MR) is 124 cm³/mol. The summed E-state index contributed by atoms with van der Waals surface area (Å²) in [6.07, 6.45) is 4.85. The lowest BCUT2D eigenvalue weighted by molar-refractivity contribution is -0.118. The van der Waals surface area contributed by atoms with E-state index in [-0.39, 0.29) is 5.91 Å². The third-order valence-corrected chi connectivity index (χ3v) is 6.35. The molecule has 2 heterocycles. The van der Waals surface area contributed by atoms with Gasteiger partial charge in [0.2, 0.25) is 5.91 Å². The Hall–Kier alpha value is -3.05. The molecule has 152 valence electrons. The number of carbonyl (C=O) groups excluding carboxylic acids is 1. The van der Waals surface area contributed by atoms with Gasteiger partial charge in [0.25, 0.3) is 0 Å². The number of pyridine rings is 1. The summed E-state index contributed by atoms with van der Waals surface area (Å²) in [5.74, 6) is 0.0496. The average molecular weight is 416 g/mol. The van der Waals surface area contributed by atoms with Crippen molar-refractivity contribution in [2.75, 3.05) is 4.90 Å². The zero-order valence-electron chi connectivity index (χ0n) is 17.6. The van der Waals surface area contributed by atoms with Crippen LogP contribution in [0.25, 0.3) is 10.2 Å². The number of aromatic nitrogens is 2. The first-order chi connectivity index (χ1) is 14.5. The summed E-state index contributed by atoms with van der Waals surface area (Å²) < 4.78 is 1.11. The summed E-state index contributed by atoms with van der Waals surface area (Å²) in [5.41, 5.74) is 6.65. The molecule has 0 aliphatic rings. The quantitative estimate of drug-likeness (QED) is 0.409. The van der Waals surface area contributed by atoms with E-state index in [9.17, 15) is 4.79 Å². The van der Waals surface area contributed by atoms with E-state index in [4.69, 9.17) is 4.98 Å². The monoisotopic (exact) mass is 415 g/mol. The van der Waals surface area contributed by atoms with Gasteiger partial charge in [0, 0.05) is 12.4 Å². The van der Waals surface area contributed by atoms with Crippen molar-refractivity contribution < 1.29 is 4.79 Å². The van der Waals surface area contributed by atoms with Crippen molar-refractivity contribution in [2.24, 2.45) is 0 Å². The number of amides is 1. The van der Waals surface area contributed by atoms with Crippen LogP contribution < -0.4 is 4.90 Å². The van der Waals surface area contributed by atoms with Gasteiger partial charge in [0.05, 0.1) is 23.2 Å². The highest BCUT2D eigenvalue weighted by Crippen LogP contribution is 2.31. The van der Waals surface area contributed by atoms with Crippen LogP contribution in [0.15, 0.2) is 60.9 Å². The summed E-state index contributed by atoms with van der Waals surface area (Å²) in [7, 11) is 0. The molecule has 1 amide bonds. The lowest BCUT2D eigenvalue weighted by Crippen LogP contribution is -2.31. The van der Waals surface area contributed by atoms with Gasteiger partial charge in [-0.3, -0.25) is 14.7 Å². The molecule has 0 aliphatic heterocycles. The number of rotatable bonds is 6. The van der Waals surface area contributed by atoms with Gasteiger partial charge in [-0.15, -0.1) is 0 Å². The second-order valence-electron chi connectivity index (χ2n) is 7.59. The van der Waals surface area contributed by atoms with E-state index in [0.717, 1.165) is 38.5 Å². The van der Waals surface area contributed by atoms with Gasteiger partial charge in [-0.2, -0.15) is 0 Å². The van der Waals surface area contributed by atoms with Crippen molar-refractivity contribution in [3.63, 3.8) is 0 Å². The van der Waals surface area contributed by atoms with Gasteiger partial charge in [-0.1, -0.05) is 48.1 Å². The molecule has 4 nitrogen and oxygen atoms in total. The van der Waals surface area contributed by atoms with Gasteiger partial charge >= 0.3 is 0 Å². The summed E-state index contributed by atoms with van der Waals surface area (Å²) in [5, 5.41) is 0.741. The molecular weight excluding hydrogens is 390 g/mol. The van der Waals surface area contributed by atoms with Crippen LogP contribution in [0.1, 0.15) is 34.7 Å². The summed E-state index contributed by atoms with van der Waals surface area (Å²) in [6, 6.07) is 16.5. The van der Waals surface area contributed by atoms with Crippen LogP contribution in [0.2, 0.25) is 0 Å². The van der Waals surface area contributed by atoms with E-state index in [1.807, 2.05) is 23.1 Å². The molecule has 0 aliphatic carbocycles. The number of aryl methyl sites for hydroxylation is 3. The largest absolute Gasteiger partial charge is 0.283 e. The molecule has 4 aromatic rings. The van der Waals surface area contributed by atoms with Crippen molar-refractivity contribution in [2.45, 2.75) is 40.2 Å². The first kappa shape index (κ1) is 20.2. The molecule has 0 unspecified atom stereocenters. The van der Waals surface area contributed by atoms with Gasteiger partial charge in [-0.05, 0) is 66.8 Å². The molecular formula is C25H25N3OS. The fraction of sp³-hybridized carbons (Fsp3) is 0.240. The lowest BCUT2D eigenvalue weighted by Gasteiger charge is -2.20. The second kappa shape index (κ2) is 8.76. The average Bonchev–Trinajstić information content (AvgIpc) is 3.17. The molecule has 0 saturated carbocycles. The minimum Gasteiger partial charge on any atom is -0.283 e. The van der Waals surface area contributed by atoms with E-state index in [2.05, 4.69) is 56.1 Å². The fourth-order valence-electron chi connectivity index (χ4n) is 3.53. The molecule has 0 bridgehead atoms. The Bertz CT molecular complexity index is 1180.